The molecule has 17 heavy (non-hydrogen) atoms. The Morgan fingerprint density at radius 1 is 1.29 bits per heavy atom. The lowest BCUT2D eigenvalue weighted by molar-refractivity contribution is -0.118. The first kappa shape index (κ1) is 13.8. The number of rotatable bonds is 0. The maximum Gasteiger partial charge on any atom is 0.412 e. The summed E-state index contributed by atoms with van der Waals surface area (Å²) in [7, 11) is 0. The first-order chi connectivity index (χ1) is 7.50. The summed E-state index contributed by atoms with van der Waals surface area (Å²) < 4.78 is 5.29. The lowest BCUT2D eigenvalue weighted by Crippen LogP contribution is -2.49. The second-order valence-corrected chi connectivity index (χ2v) is 6.44. The van der Waals surface area contributed by atoms with E-state index < -0.39 is 11.7 Å². The average Bonchev–Trinajstić information content (AvgIpc) is 2.43. The highest BCUT2D eigenvalue weighted by atomic mass is 16.6. The molecule has 2 amide bonds. The number of hydrogen-bond donors (Lipinski definition) is 1. The van der Waals surface area contributed by atoms with Crippen LogP contribution in [0.5, 0.6) is 0 Å². The fraction of sp³-hybridized carbons (Fsp3) is 0.833. The highest BCUT2D eigenvalue weighted by molar-refractivity contribution is 5.86. The Morgan fingerprint density at radius 2 is 1.82 bits per heavy atom. The van der Waals surface area contributed by atoms with E-state index in [9.17, 15) is 9.59 Å². The van der Waals surface area contributed by atoms with Gasteiger partial charge in [0.2, 0.25) is 5.91 Å². The molecule has 1 fully saturated rings. The smallest absolute Gasteiger partial charge is 0.412 e. The van der Waals surface area contributed by atoms with Crippen LogP contribution in [0.15, 0.2) is 0 Å². The van der Waals surface area contributed by atoms with Crippen molar-refractivity contribution in [1.29, 1.82) is 0 Å². The van der Waals surface area contributed by atoms with E-state index in [0.717, 1.165) is 0 Å². The van der Waals surface area contributed by atoms with Crippen LogP contribution in [0.4, 0.5) is 4.79 Å². The number of nitrogens with one attached hydrogen (secondary N) is 1. The molecule has 0 bridgehead atoms. The Hall–Kier alpha value is -1.26. The third kappa shape index (κ3) is 3.61. The molecule has 0 aliphatic carbocycles. The van der Waals surface area contributed by atoms with Crippen molar-refractivity contribution in [3.8, 4) is 0 Å². The van der Waals surface area contributed by atoms with Crippen molar-refractivity contribution in [3.05, 3.63) is 0 Å². The molecule has 0 saturated carbocycles. The quantitative estimate of drug-likeness (QED) is 0.703. The van der Waals surface area contributed by atoms with Crippen LogP contribution >= 0.6 is 0 Å². The summed E-state index contributed by atoms with van der Waals surface area (Å²) in [5.74, 6) is -0.143. The maximum atomic E-state index is 12.0. The van der Waals surface area contributed by atoms with Crippen molar-refractivity contribution in [1.82, 2.24) is 10.2 Å². The minimum atomic E-state index is -0.550. The van der Waals surface area contributed by atoms with Gasteiger partial charge in [-0.05, 0) is 20.8 Å². The SMILES string of the molecule is CC(C)(C)OC(=O)N1CC(=O)N[C@H]1C(C)(C)C. The lowest BCUT2D eigenvalue weighted by Gasteiger charge is -2.34. The highest BCUT2D eigenvalue weighted by Crippen LogP contribution is 2.26. The molecule has 1 rings (SSSR count). The van der Waals surface area contributed by atoms with E-state index in [1.165, 1.54) is 4.90 Å². The van der Waals surface area contributed by atoms with Gasteiger partial charge in [-0.3, -0.25) is 9.69 Å². The van der Waals surface area contributed by atoms with E-state index in [4.69, 9.17) is 4.74 Å². The minimum Gasteiger partial charge on any atom is -0.444 e. The van der Waals surface area contributed by atoms with Crippen LogP contribution in [0.1, 0.15) is 41.5 Å². The molecular formula is C12H22N2O3. The summed E-state index contributed by atoms with van der Waals surface area (Å²) in [6, 6.07) is 0. The molecule has 0 unspecified atom stereocenters. The van der Waals surface area contributed by atoms with Crippen molar-refractivity contribution < 1.29 is 14.3 Å². The van der Waals surface area contributed by atoms with E-state index in [0.29, 0.717) is 0 Å². The summed E-state index contributed by atoms with van der Waals surface area (Å²) >= 11 is 0. The number of hydrogen-bond acceptors (Lipinski definition) is 3. The van der Waals surface area contributed by atoms with Crippen LogP contribution in [0.25, 0.3) is 0 Å². The summed E-state index contributed by atoms with van der Waals surface area (Å²) in [6.07, 6.45) is -0.763. The van der Waals surface area contributed by atoms with Crippen LogP contribution < -0.4 is 5.32 Å². The van der Waals surface area contributed by atoms with Gasteiger partial charge in [0.15, 0.2) is 0 Å². The molecule has 0 radical (unpaired) electrons. The molecule has 0 aromatic heterocycles. The third-order valence-corrected chi connectivity index (χ3v) is 2.37. The maximum absolute atomic E-state index is 12.0. The molecule has 1 N–H and O–H groups in total. The van der Waals surface area contributed by atoms with E-state index in [1.807, 2.05) is 41.5 Å². The largest absolute Gasteiger partial charge is 0.444 e. The Balaban J connectivity index is 2.81. The Morgan fingerprint density at radius 3 is 2.24 bits per heavy atom. The summed E-state index contributed by atoms with van der Waals surface area (Å²) in [5.41, 5.74) is -0.770. The predicted molar refractivity (Wildman–Crippen MR) is 64.3 cm³/mol. The molecule has 1 aliphatic heterocycles. The topological polar surface area (TPSA) is 58.6 Å². The van der Waals surface area contributed by atoms with E-state index >= 15 is 0 Å². The number of nitrogens with zero attached hydrogens (tertiary/aromatic N) is 1. The van der Waals surface area contributed by atoms with Gasteiger partial charge in [-0.15, -0.1) is 0 Å². The monoisotopic (exact) mass is 242 g/mol. The predicted octanol–water partition coefficient (Wildman–Crippen LogP) is 1.73. The van der Waals surface area contributed by atoms with Crippen molar-refractivity contribution >= 4 is 12.0 Å². The van der Waals surface area contributed by atoms with Gasteiger partial charge in [0.25, 0.3) is 0 Å². The molecular weight excluding hydrogens is 220 g/mol. The minimum absolute atomic E-state index is 0.0663. The van der Waals surface area contributed by atoms with E-state index in [1.54, 1.807) is 0 Å². The van der Waals surface area contributed by atoms with Gasteiger partial charge in [0, 0.05) is 5.41 Å². The summed E-state index contributed by atoms with van der Waals surface area (Å²) in [6.45, 7) is 11.4. The number of carbonyl (C=O) groups excluding carboxylic acids is 2. The summed E-state index contributed by atoms with van der Waals surface area (Å²) in [4.78, 5) is 24.8. The van der Waals surface area contributed by atoms with Gasteiger partial charge in [-0.25, -0.2) is 4.79 Å². The molecule has 5 nitrogen and oxygen atoms in total. The van der Waals surface area contributed by atoms with Gasteiger partial charge in [-0.2, -0.15) is 0 Å². The van der Waals surface area contributed by atoms with Crippen LogP contribution in [-0.4, -0.2) is 35.2 Å². The van der Waals surface area contributed by atoms with Crippen molar-refractivity contribution in [3.63, 3.8) is 0 Å². The molecule has 0 spiro atoms. The molecule has 0 aromatic rings. The first-order valence-electron chi connectivity index (χ1n) is 5.80. The number of ether oxygens (including phenoxy) is 1. The normalized spacial score (nSPS) is 21.4. The molecule has 1 heterocycles. The lowest BCUT2D eigenvalue weighted by atomic mass is 9.92. The van der Waals surface area contributed by atoms with Gasteiger partial charge in [-0.1, -0.05) is 20.8 Å². The Kier molecular flexibility index (Phi) is 3.41. The Labute approximate surface area is 102 Å². The average molecular weight is 242 g/mol. The highest BCUT2D eigenvalue weighted by Gasteiger charge is 2.42. The zero-order valence-corrected chi connectivity index (χ0v) is 11.5. The van der Waals surface area contributed by atoms with Crippen LogP contribution in [-0.2, 0) is 9.53 Å². The van der Waals surface area contributed by atoms with Crippen LogP contribution in [0.2, 0.25) is 0 Å². The van der Waals surface area contributed by atoms with Gasteiger partial charge < -0.3 is 10.1 Å². The Bertz CT molecular complexity index is 326. The molecule has 0 aromatic carbocycles. The third-order valence-electron chi connectivity index (χ3n) is 2.37. The van der Waals surface area contributed by atoms with E-state index in [-0.39, 0.29) is 24.0 Å². The second kappa shape index (κ2) is 4.20. The fourth-order valence-electron chi connectivity index (χ4n) is 1.70. The molecule has 1 aliphatic rings. The summed E-state index contributed by atoms with van der Waals surface area (Å²) in [5, 5.41) is 2.80. The fourth-order valence-corrected chi connectivity index (χ4v) is 1.70. The second-order valence-electron chi connectivity index (χ2n) is 6.44. The van der Waals surface area contributed by atoms with Crippen molar-refractivity contribution in [2.75, 3.05) is 6.54 Å². The zero-order chi connectivity index (χ0) is 13.4. The van der Waals surface area contributed by atoms with E-state index in [2.05, 4.69) is 5.32 Å². The zero-order valence-electron chi connectivity index (χ0n) is 11.5. The molecule has 1 saturated heterocycles. The molecule has 1 atom stereocenters. The number of carbonyl (C=O) groups is 2. The molecule has 5 heteroatoms. The van der Waals surface area contributed by atoms with Crippen LogP contribution in [0, 0.1) is 5.41 Å². The van der Waals surface area contributed by atoms with Gasteiger partial charge >= 0.3 is 6.09 Å². The van der Waals surface area contributed by atoms with Gasteiger partial charge in [0.05, 0.1) is 0 Å². The molecule has 98 valence electrons. The van der Waals surface area contributed by atoms with Crippen molar-refractivity contribution in [2.45, 2.75) is 53.3 Å². The number of amides is 2. The van der Waals surface area contributed by atoms with Crippen molar-refractivity contribution in [2.24, 2.45) is 5.41 Å². The van der Waals surface area contributed by atoms with Crippen LogP contribution in [0.3, 0.4) is 0 Å². The van der Waals surface area contributed by atoms with Gasteiger partial charge in [0.1, 0.15) is 18.3 Å². The first-order valence-corrected chi connectivity index (χ1v) is 5.80. The standard InChI is InChI=1S/C12H22N2O3/c1-11(2,3)9-13-8(15)7-14(9)10(16)17-12(4,5)6/h9H,7H2,1-6H3,(H,13,15)/t9-/m1/s1.